The van der Waals surface area contributed by atoms with Crippen molar-refractivity contribution in [3.63, 3.8) is 0 Å². The smallest absolute Gasteiger partial charge is 0.251 e. The first-order chi connectivity index (χ1) is 12.1. The predicted octanol–water partition coefficient (Wildman–Crippen LogP) is 3.83. The van der Waals surface area contributed by atoms with Gasteiger partial charge in [0.25, 0.3) is 5.91 Å². The van der Waals surface area contributed by atoms with Gasteiger partial charge in [0.15, 0.2) is 5.13 Å². The Morgan fingerprint density at radius 3 is 2.48 bits per heavy atom. The summed E-state index contributed by atoms with van der Waals surface area (Å²) >= 11 is 7.19. The molecule has 0 atom stereocenters. The molecule has 2 N–H and O–H groups in total. The molecular formula is C18H14ClN3O2S. The first-order valence-electron chi connectivity index (χ1n) is 7.46. The third-order valence-electron chi connectivity index (χ3n) is 3.34. The van der Waals surface area contributed by atoms with E-state index in [1.165, 1.54) is 11.3 Å². The Morgan fingerprint density at radius 2 is 1.76 bits per heavy atom. The zero-order valence-electron chi connectivity index (χ0n) is 13.0. The van der Waals surface area contributed by atoms with Gasteiger partial charge < -0.3 is 10.6 Å². The van der Waals surface area contributed by atoms with E-state index in [9.17, 15) is 9.59 Å². The highest BCUT2D eigenvalue weighted by Crippen LogP contribution is 2.25. The van der Waals surface area contributed by atoms with Crippen molar-refractivity contribution < 1.29 is 9.59 Å². The van der Waals surface area contributed by atoms with Crippen molar-refractivity contribution in [3.8, 4) is 11.3 Å². The Labute approximate surface area is 153 Å². The van der Waals surface area contributed by atoms with Crippen LogP contribution in [0.2, 0.25) is 5.02 Å². The van der Waals surface area contributed by atoms with Gasteiger partial charge in [-0.15, -0.1) is 11.3 Å². The van der Waals surface area contributed by atoms with Gasteiger partial charge in [-0.2, -0.15) is 0 Å². The van der Waals surface area contributed by atoms with Crippen molar-refractivity contribution >= 4 is 39.9 Å². The second kappa shape index (κ2) is 7.92. The van der Waals surface area contributed by atoms with Gasteiger partial charge in [-0.25, -0.2) is 4.98 Å². The monoisotopic (exact) mass is 371 g/mol. The second-order valence-corrected chi connectivity index (χ2v) is 6.44. The molecule has 2 aromatic carbocycles. The zero-order chi connectivity index (χ0) is 17.6. The molecular weight excluding hydrogens is 358 g/mol. The fraction of sp³-hybridized carbons (Fsp3) is 0.0556. The van der Waals surface area contributed by atoms with Gasteiger partial charge in [-0.05, 0) is 24.3 Å². The van der Waals surface area contributed by atoms with E-state index >= 15 is 0 Å². The van der Waals surface area contributed by atoms with E-state index in [0.717, 1.165) is 11.3 Å². The summed E-state index contributed by atoms with van der Waals surface area (Å²) in [7, 11) is 0. The third kappa shape index (κ3) is 4.65. The Morgan fingerprint density at radius 1 is 1.04 bits per heavy atom. The number of amides is 2. The lowest BCUT2D eigenvalue weighted by molar-refractivity contribution is -0.115. The van der Waals surface area contributed by atoms with E-state index in [1.54, 1.807) is 36.4 Å². The molecule has 3 rings (SSSR count). The average Bonchev–Trinajstić information content (AvgIpc) is 3.09. The molecule has 7 heteroatoms. The van der Waals surface area contributed by atoms with Crippen LogP contribution in [0.25, 0.3) is 11.3 Å². The van der Waals surface area contributed by atoms with Crippen LogP contribution in [0, 0.1) is 0 Å². The SMILES string of the molecule is O=C(CNC(=O)c1ccccc1)Nc1nc(-c2ccc(Cl)cc2)cs1. The number of anilines is 1. The summed E-state index contributed by atoms with van der Waals surface area (Å²) in [6, 6.07) is 16.0. The molecule has 0 saturated carbocycles. The fourth-order valence-electron chi connectivity index (χ4n) is 2.10. The van der Waals surface area contributed by atoms with Crippen LogP contribution in [0.3, 0.4) is 0 Å². The third-order valence-corrected chi connectivity index (χ3v) is 4.35. The van der Waals surface area contributed by atoms with Gasteiger partial charge >= 0.3 is 0 Å². The Bertz CT molecular complexity index is 879. The van der Waals surface area contributed by atoms with E-state index in [2.05, 4.69) is 15.6 Å². The molecule has 3 aromatic rings. The number of hydrogen-bond acceptors (Lipinski definition) is 4. The average molecular weight is 372 g/mol. The number of carbonyl (C=O) groups is 2. The van der Waals surface area contributed by atoms with Crippen molar-refractivity contribution in [2.45, 2.75) is 0 Å². The van der Waals surface area contributed by atoms with E-state index < -0.39 is 0 Å². The summed E-state index contributed by atoms with van der Waals surface area (Å²) in [5.74, 6) is -0.627. The van der Waals surface area contributed by atoms with E-state index in [-0.39, 0.29) is 18.4 Å². The largest absolute Gasteiger partial charge is 0.343 e. The molecule has 0 aliphatic heterocycles. The molecule has 1 aromatic heterocycles. The van der Waals surface area contributed by atoms with Crippen molar-refractivity contribution in [1.29, 1.82) is 0 Å². The number of aromatic nitrogens is 1. The highest BCUT2D eigenvalue weighted by molar-refractivity contribution is 7.14. The first-order valence-corrected chi connectivity index (χ1v) is 8.72. The molecule has 126 valence electrons. The van der Waals surface area contributed by atoms with Crippen LogP contribution < -0.4 is 10.6 Å². The maximum atomic E-state index is 12.0. The van der Waals surface area contributed by atoms with E-state index in [1.807, 2.05) is 23.6 Å². The summed E-state index contributed by atoms with van der Waals surface area (Å²) < 4.78 is 0. The summed E-state index contributed by atoms with van der Waals surface area (Å²) in [4.78, 5) is 28.2. The molecule has 0 radical (unpaired) electrons. The standard InChI is InChI=1S/C18H14ClN3O2S/c19-14-8-6-12(7-9-14)15-11-25-18(21-15)22-16(23)10-20-17(24)13-4-2-1-3-5-13/h1-9,11H,10H2,(H,20,24)(H,21,22,23). The van der Waals surface area contributed by atoms with Crippen LogP contribution in [0.5, 0.6) is 0 Å². The number of rotatable bonds is 5. The molecule has 0 unspecified atom stereocenters. The molecule has 0 bridgehead atoms. The van der Waals surface area contributed by atoms with Gasteiger partial charge in [0.1, 0.15) is 0 Å². The fourth-order valence-corrected chi connectivity index (χ4v) is 2.96. The Balaban J connectivity index is 1.55. The first kappa shape index (κ1) is 17.1. The van der Waals surface area contributed by atoms with Gasteiger partial charge in [0.2, 0.25) is 5.91 Å². The minimum Gasteiger partial charge on any atom is -0.343 e. The van der Waals surface area contributed by atoms with Gasteiger partial charge in [0.05, 0.1) is 12.2 Å². The highest BCUT2D eigenvalue weighted by Gasteiger charge is 2.10. The minimum atomic E-state index is -0.332. The lowest BCUT2D eigenvalue weighted by Crippen LogP contribution is -2.32. The van der Waals surface area contributed by atoms with Gasteiger partial charge in [-0.1, -0.05) is 41.9 Å². The number of carbonyl (C=O) groups excluding carboxylic acids is 2. The molecule has 0 fully saturated rings. The van der Waals surface area contributed by atoms with Crippen LogP contribution in [0.15, 0.2) is 60.0 Å². The van der Waals surface area contributed by atoms with Crippen LogP contribution >= 0.6 is 22.9 Å². The molecule has 25 heavy (non-hydrogen) atoms. The molecule has 0 aliphatic carbocycles. The molecule has 2 amide bonds. The van der Waals surface area contributed by atoms with Crippen molar-refractivity contribution in [3.05, 3.63) is 70.6 Å². The number of hydrogen-bond donors (Lipinski definition) is 2. The Hall–Kier alpha value is -2.70. The minimum absolute atomic E-state index is 0.121. The lowest BCUT2D eigenvalue weighted by Gasteiger charge is -2.05. The molecule has 1 heterocycles. The topological polar surface area (TPSA) is 71.1 Å². The summed E-state index contributed by atoms with van der Waals surface area (Å²) in [5, 5.41) is 8.23. The van der Waals surface area contributed by atoms with Crippen molar-refractivity contribution in [1.82, 2.24) is 10.3 Å². The molecule has 0 spiro atoms. The second-order valence-electron chi connectivity index (χ2n) is 5.14. The molecule has 0 saturated heterocycles. The van der Waals surface area contributed by atoms with Gasteiger partial charge in [-0.3, -0.25) is 9.59 Å². The van der Waals surface area contributed by atoms with E-state index in [4.69, 9.17) is 11.6 Å². The maximum absolute atomic E-state index is 12.0. The lowest BCUT2D eigenvalue weighted by atomic mass is 10.2. The maximum Gasteiger partial charge on any atom is 0.251 e. The van der Waals surface area contributed by atoms with Crippen molar-refractivity contribution in [2.24, 2.45) is 0 Å². The number of benzene rings is 2. The Kier molecular flexibility index (Phi) is 5.42. The van der Waals surface area contributed by atoms with E-state index in [0.29, 0.717) is 15.7 Å². The number of nitrogens with one attached hydrogen (secondary N) is 2. The number of thiazole rings is 1. The molecule has 0 aliphatic rings. The highest BCUT2D eigenvalue weighted by atomic mass is 35.5. The van der Waals surface area contributed by atoms with Crippen LogP contribution in [0.1, 0.15) is 10.4 Å². The van der Waals surface area contributed by atoms with Crippen LogP contribution in [-0.2, 0) is 4.79 Å². The van der Waals surface area contributed by atoms with Crippen molar-refractivity contribution in [2.75, 3.05) is 11.9 Å². The predicted molar refractivity (Wildman–Crippen MR) is 100.0 cm³/mol. The quantitative estimate of drug-likeness (QED) is 0.716. The van der Waals surface area contributed by atoms with Crippen LogP contribution in [-0.4, -0.2) is 23.3 Å². The number of halogens is 1. The summed E-state index contributed by atoms with van der Waals surface area (Å²) in [5.41, 5.74) is 2.18. The zero-order valence-corrected chi connectivity index (χ0v) is 14.6. The molecule has 5 nitrogen and oxygen atoms in total. The summed E-state index contributed by atoms with van der Waals surface area (Å²) in [6.07, 6.45) is 0. The normalized spacial score (nSPS) is 10.3. The summed E-state index contributed by atoms with van der Waals surface area (Å²) in [6.45, 7) is -0.121. The van der Waals surface area contributed by atoms with Gasteiger partial charge in [0, 0.05) is 21.5 Å². The van der Waals surface area contributed by atoms with Crippen LogP contribution in [0.4, 0.5) is 5.13 Å². The number of nitrogens with zero attached hydrogens (tertiary/aromatic N) is 1.